The number of rotatable bonds is 5. The van der Waals surface area contributed by atoms with Crippen LogP contribution in [-0.4, -0.2) is 20.4 Å². The molecule has 0 fully saturated rings. The van der Waals surface area contributed by atoms with Crippen molar-refractivity contribution in [3.8, 4) is 0 Å². The van der Waals surface area contributed by atoms with Crippen LogP contribution in [0.2, 0.25) is 0 Å². The van der Waals surface area contributed by atoms with E-state index in [1.165, 1.54) is 0 Å². The molecule has 28 heavy (non-hydrogen) atoms. The molecule has 0 saturated carbocycles. The Labute approximate surface area is 161 Å². The van der Waals surface area contributed by atoms with E-state index in [2.05, 4.69) is 0 Å². The molecule has 1 aliphatic heterocycles. The fourth-order valence-electron chi connectivity index (χ4n) is 2.54. The lowest BCUT2D eigenvalue weighted by Gasteiger charge is -2.10. The standard InChI is InChI=1S/C18H17NO5S.CO2/c1-12-6-5-9-14(10-12)16-15(20)17(18(19)23-16)24-25(21,22)11-13-7-3-2-4-8-13;2-1-3/h2-10,16H,11,19H2,1H3;. The Bertz CT molecular complexity index is 1020. The van der Waals surface area contributed by atoms with E-state index in [1.54, 1.807) is 48.5 Å². The van der Waals surface area contributed by atoms with Crippen LogP contribution in [0.3, 0.4) is 0 Å². The quantitative estimate of drug-likeness (QED) is 0.747. The number of ketones is 1. The number of carbonyl (C=O) groups is 1. The van der Waals surface area contributed by atoms with Crippen molar-refractivity contribution in [3.63, 3.8) is 0 Å². The van der Waals surface area contributed by atoms with Gasteiger partial charge in [-0.25, -0.2) is 0 Å². The molecule has 9 heteroatoms. The summed E-state index contributed by atoms with van der Waals surface area (Å²) in [4.78, 5) is 28.8. The van der Waals surface area contributed by atoms with Gasteiger partial charge in [-0.15, -0.1) is 0 Å². The number of carbonyl (C=O) groups excluding carboxylic acids is 3. The molecule has 0 bridgehead atoms. The van der Waals surface area contributed by atoms with Crippen molar-refractivity contribution in [1.29, 1.82) is 0 Å². The maximum absolute atomic E-state index is 12.5. The molecule has 1 atom stereocenters. The number of aryl methyl sites for hydroxylation is 1. The zero-order valence-electron chi connectivity index (χ0n) is 14.8. The highest BCUT2D eigenvalue weighted by molar-refractivity contribution is 7.86. The number of ether oxygens (including phenoxy) is 1. The molecule has 2 aromatic carbocycles. The first-order valence-electron chi connectivity index (χ1n) is 8.00. The van der Waals surface area contributed by atoms with Crippen molar-refractivity contribution in [2.45, 2.75) is 18.8 Å². The first-order valence-corrected chi connectivity index (χ1v) is 9.57. The van der Waals surface area contributed by atoms with Gasteiger partial charge in [0.1, 0.15) is 5.75 Å². The molecule has 0 aromatic heterocycles. The number of nitrogens with two attached hydrogens (primary N) is 1. The summed E-state index contributed by atoms with van der Waals surface area (Å²) in [6.07, 6.45) is -0.748. The molecule has 0 saturated heterocycles. The van der Waals surface area contributed by atoms with Crippen LogP contribution in [0.4, 0.5) is 0 Å². The lowest BCUT2D eigenvalue weighted by Crippen LogP contribution is -2.16. The predicted molar refractivity (Wildman–Crippen MR) is 96.4 cm³/mol. The summed E-state index contributed by atoms with van der Waals surface area (Å²) in [5, 5.41) is 0. The molecule has 1 unspecified atom stereocenters. The van der Waals surface area contributed by atoms with Gasteiger partial charge >= 0.3 is 16.3 Å². The Morgan fingerprint density at radius 1 is 1.11 bits per heavy atom. The summed E-state index contributed by atoms with van der Waals surface area (Å²) in [5.41, 5.74) is 7.76. The summed E-state index contributed by atoms with van der Waals surface area (Å²) < 4.78 is 34.8. The number of hydrogen-bond acceptors (Lipinski definition) is 8. The molecule has 0 radical (unpaired) electrons. The van der Waals surface area contributed by atoms with Crippen LogP contribution in [0.15, 0.2) is 66.2 Å². The van der Waals surface area contributed by atoms with Crippen LogP contribution in [0.1, 0.15) is 22.8 Å². The van der Waals surface area contributed by atoms with E-state index >= 15 is 0 Å². The van der Waals surface area contributed by atoms with Crippen molar-refractivity contribution >= 4 is 22.1 Å². The van der Waals surface area contributed by atoms with Crippen molar-refractivity contribution in [2.75, 3.05) is 0 Å². The molecule has 2 N–H and O–H groups in total. The number of benzene rings is 2. The molecule has 146 valence electrons. The Balaban J connectivity index is 0.000000878. The van der Waals surface area contributed by atoms with Gasteiger partial charge in [0.2, 0.25) is 17.4 Å². The molecule has 1 aliphatic rings. The molecular weight excluding hydrogens is 386 g/mol. The van der Waals surface area contributed by atoms with Crippen LogP contribution in [0.25, 0.3) is 0 Å². The van der Waals surface area contributed by atoms with Gasteiger partial charge < -0.3 is 14.7 Å². The van der Waals surface area contributed by atoms with Crippen molar-refractivity contribution < 1.29 is 31.7 Å². The minimum Gasteiger partial charge on any atom is -0.460 e. The van der Waals surface area contributed by atoms with Gasteiger partial charge in [0.05, 0.1) is 0 Å². The lowest BCUT2D eigenvalue weighted by atomic mass is 10.0. The first-order chi connectivity index (χ1) is 13.3. The van der Waals surface area contributed by atoms with E-state index < -0.39 is 27.8 Å². The fraction of sp³-hybridized carbons (Fsp3) is 0.158. The third-order valence-electron chi connectivity index (χ3n) is 3.67. The molecule has 3 rings (SSSR count). The summed E-state index contributed by atoms with van der Waals surface area (Å²) >= 11 is 0. The molecule has 2 aromatic rings. The van der Waals surface area contributed by atoms with Crippen LogP contribution >= 0.6 is 0 Å². The fourth-order valence-corrected chi connectivity index (χ4v) is 3.62. The van der Waals surface area contributed by atoms with Gasteiger partial charge in [0.15, 0.2) is 6.10 Å². The van der Waals surface area contributed by atoms with Gasteiger partial charge in [-0.2, -0.15) is 18.0 Å². The highest BCUT2D eigenvalue weighted by atomic mass is 32.2. The SMILES string of the molecule is Cc1cccc(C2OC(N)=C(OS(=O)(=O)Cc3ccccc3)C2=O)c1.O=C=O. The third-order valence-corrected chi connectivity index (χ3v) is 4.78. The maximum Gasteiger partial charge on any atom is 0.373 e. The Kier molecular flexibility index (Phi) is 6.70. The zero-order valence-corrected chi connectivity index (χ0v) is 15.6. The predicted octanol–water partition coefficient (Wildman–Crippen LogP) is 1.73. The van der Waals surface area contributed by atoms with Gasteiger partial charge in [-0.05, 0) is 12.5 Å². The third kappa shape index (κ3) is 5.29. The zero-order chi connectivity index (χ0) is 20.7. The average Bonchev–Trinajstić information content (AvgIpc) is 2.91. The summed E-state index contributed by atoms with van der Waals surface area (Å²) in [7, 11) is -4.04. The Hall–Kier alpha value is -3.42. The number of hydrogen-bond donors (Lipinski definition) is 1. The van der Waals surface area contributed by atoms with Crippen LogP contribution < -0.4 is 5.73 Å². The van der Waals surface area contributed by atoms with Gasteiger partial charge in [-0.3, -0.25) is 4.79 Å². The summed E-state index contributed by atoms with van der Waals surface area (Å²) in [6, 6.07) is 15.7. The lowest BCUT2D eigenvalue weighted by molar-refractivity contribution is -0.191. The van der Waals surface area contributed by atoms with Crippen molar-refractivity contribution in [3.05, 3.63) is 82.9 Å². The second-order valence-corrected chi connectivity index (χ2v) is 7.39. The van der Waals surface area contributed by atoms with Crippen LogP contribution in [0.5, 0.6) is 0 Å². The minimum absolute atomic E-state index is 0.250. The van der Waals surface area contributed by atoms with Crippen molar-refractivity contribution in [1.82, 2.24) is 0 Å². The first kappa shape index (κ1) is 20.9. The van der Waals surface area contributed by atoms with Crippen molar-refractivity contribution in [2.24, 2.45) is 5.73 Å². The van der Waals surface area contributed by atoms with E-state index in [1.807, 2.05) is 13.0 Å². The van der Waals surface area contributed by atoms with Crippen LogP contribution in [-0.2, 0) is 39.2 Å². The topological polar surface area (TPSA) is 130 Å². The molecule has 8 nitrogen and oxygen atoms in total. The molecule has 0 amide bonds. The summed E-state index contributed by atoms with van der Waals surface area (Å²) in [5.74, 6) is -1.78. The molecule has 1 heterocycles. The van der Waals surface area contributed by atoms with Gasteiger partial charge in [0, 0.05) is 5.56 Å². The average molecular weight is 403 g/mol. The van der Waals surface area contributed by atoms with E-state index in [9.17, 15) is 13.2 Å². The number of Topliss-reactive ketones (excluding diaryl/α,β-unsaturated/α-hetero) is 1. The van der Waals surface area contributed by atoms with E-state index in [0.717, 1.165) is 5.56 Å². The van der Waals surface area contributed by atoms with E-state index in [0.29, 0.717) is 11.1 Å². The Morgan fingerprint density at radius 2 is 1.75 bits per heavy atom. The minimum atomic E-state index is -4.04. The van der Waals surface area contributed by atoms with E-state index in [-0.39, 0.29) is 17.8 Å². The van der Waals surface area contributed by atoms with Crippen LogP contribution in [0, 0.1) is 6.92 Å². The smallest absolute Gasteiger partial charge is 0.373 e. The maximum atomic E-state index is 12.5. The normalized spacial score (nSPS) is 15.9. The highest BCUT2D eigenvalue weighted by Crippen LogP contribution is 2.33. The van der Waals surface area contributed by atoms with E-state index in [4.69, 9.17) is 24.2 Å². The van der Waals surface area contributed by atoms with Gasteiger partial charge in [0.25, 0.3) is 0 Å². The van der Waals surface area contributed by atoms with Gasteiger partial charge in [-0.1, -0.05) is 60.2 Å². The monoisotopic (exact) mass is 403 g/mol. The largest absolute Gasteiger partial charge is 0.460 e. The highest BCUT2D eigenvalue weighted by Gasteiger charge is 2.39. The summed E-state index contributed by atoms with van der Waals surface area (Å²) in [6.45, 7) is 1.88. The molecule has 0 aliphatic carbocycles. The molecule has 0 spiro atoms. The Morgan fingerprint density at radius 3 is 2.36 bits per heavy atom. The second kappa shape index (κ2) is 8.98. The molecular formula is C19H17NO7S. The second-order valence-electron chi connectivity index (χ2n) is 5.82.